The van der Waals surface area contributed by atoms with Crippen LogP contribution in [0.25, 0.3) is 0 Å². The molecule has 0 aliphatic rings. The predicted octanol–water partition coefficient (Wildman–Crippen LogP) is 2.57. The number of hydrogen-bond donors (Lipinski definition) is 1. The van der Waals surface area contributed by atoms with Crippen molar-refractivity contribution in [3.63, 3.8) is 0 Å². The summed E-state index contributed by atoms with van der Waals surface area (Å²) in [4.78, 5) is 11.4. The van der Waals surface area contributed by atoms with Crippen molar-refractivity contribution in [3.8, 4) is 0 Å². The number of nitrogens with two attached hydrogens (primary N) is 1. The molecule has 0 unspecified atom stereocenters. The Morgan fingerprint density at radius 1 is 1.47 bits per heavy atom. The first-order chi connectivity index (χ1) is 6.99. The second kappa shape index (κ2) is 4.81. The predicted molar refractivity (Wildman–Crippen MR) is 56.8 cm³/mol. The molecule has 1 rings (SSSR count). The number of ketones is 1. The molecular weight excluding hydrogens is 268 g/mol. The molecule has 0 radical (unpaired) electrons. The van der Waals surface area contributed by atoms with E-state index in [1.165, 1.54) is 13.0 Å². The lowest BCUT2D eigenvalue weighted by atomic mass is 10.0. The minimum absolute atomic E-state index is 0.0657. The topological polar surface area (TPSA) is 43.1 Å². The highest BCUT2D eigenvalue weighted by molar-refractivity contribution is 9.10. The molecular formula is C10H10BrF2NO. The second-order valence-electron chi connectivity index (χ2n) is 3.14. The van der Waals surface area contributed by atoms with E-state index < -0.39 is 23.0 Å². The SMILES string of the molecule is Cc1cc(Br)c(F)c(C(=O)CCN)c1F. The zero-order valence-electron chi connectivity index (χ0n) is 8.11. The third-order valence-corrected chi connectivity index (χ3v) is 2.57. The highest BCUT2D eigenvalue weighted by Gasteiger charge is 2.20. The first-order valence-electron chi connectivity index (χ1n) is 4.36. The summed E-state index contributed by atoms with van der Waals surface area (Å²) in [7, 11) is 0. The van der Waals surface area contributed by atoms with E-state index in [0.29, 0.717) is 0 Å². The van der Waals surface area contributed by atoms with Gasteiger partial charge >= 0.3 is 0 Å². The molecule has 0 saturated carbocycles. The Morgan fingerprint density at radius 3 is 2.60 bits per heavy atom. The summed E-state index contributed by atoms with van der Waals surface area (Å²) in [5.74, 6) is -2.29. The van der Waals surface area contributed by atoms with Crippen LogP contribution in [-0.4, -0.2) is 12.3 Å². The van der Waals surface area contributed by atoms with Crippen LogP contribution in [0.3, 0.4) is 0 Å². The summed E-state index contributed by atoms with van der Waals surface area (Å²) in [6.45, 7) is 1.54. The van der Waals surface area contributed by atoms with Crippen molar-refractivity contribution >= 4 is 21.7 Å². The van der Waals surface area contributed by atoms with Crippen LogP contribution in [0.2, 0.25) is 0 Å². The fourth-order valence-corrected chi connectivity index (χ4v) is 1.77. The Bertz CT molecular complexity index is 381. The third-order valence-electron chi connectivity index (χ3n) is 1.99. The van der Waals surface area contributed by atoms with Gasteiger partial charge in [-0.3, -0.25) is 4.79 Å². The molecule has 0 aliphatic carbocycles. The van der Waals surface area contributed by atoms with Crippen molar-refractivity contribution in [2.24, 2.45) is 5.73 Å². The van der Waals surface area contributed by atoms with Crippen molar-refractivity contribution < 1.29 is 13.6 Å². The Hall–Kier alpha value is -0.810. The molecule has 5 heteroatoms. The van der Waals surface area contributed by atoms with E-state index in [1.807, 2.05) is 0 Å². The number of carbonyl (C=O) groups is 1. The molecule has 0 bridgehead atoms. The van der Waals surface area contributed by atoms with Crippen molar-refractivity contribution in [2.45, 2.75) is 13.3 Å². The van der Waals surface area contributed by atoms with Crippen LogP contribution in [0, 0.1) is 18.6 Å². The molecule has 0 aliphatic heterocycles. The van der Waals surface area contributed by atoms with Crippen LogP contribution < -0.4 is 5.73 Å². The fourth-order valence-electron chi connectivity index (χ4n) is 1.23. The Morgan fingerprint density at radius 2 is 2.07 bits per heavy atom. The number of aryl methyl sites for hydroxylation is 1. The molecule has 0 fully saturated rings. The Labute approximate surface area is 94.6 Å². The second-order valence-corrected chi connectivity index (χ2v) is 3.99. The largest absolute Gasteiger partial charge is 0.330 e. The molecule has 0 heterocycles. The van der Waals surface area contributed by atoms with Crippen LogP contribution in [0.1, 0.15) is 22.3 Å². The lowest BCUT2D eigenvalue weighted by Crippen LogP contribution is -2.13. The van der Waals surface area contributed by atoms with Gasteiger partial charge in [0.1, 0.15) is 5.82 Å². The zero-order chi connectivity index (χ0) is 11.6. The molecule has 82 valence electrons. The van der Waals surface area contributed by atoms with Gasteiger partial charge < -0.3 is 5.73 Å². The first kappa shape index (κ1) is 12.3. The number of benzene rings is 1. The van der Waals surface area contributed by atoms with Gasteiger partial charge in [0, 0.05) is 6.42 Å². The summed E-state index contributed by atoms with van der Waals surface area (Å²) < 4.78 is 27.0. The van der Waals surface area contributed by atoms with Crippen molar-refractivity contribution in [1.29, 1.82) is 0 Å². The van der Waals surface area contributed by atoms with Gasteiger partial charge in [0.15, 0.2) is 11.6 Å². The van der Waals surface area contributed by atoms with Crippen molar-refractivity contribution in [2.75, 3.05) is 6.54 Å². The number of rotatable bonds is 3. The molecule has 0 amide bonds. The van der Waals surface area contributed by atoms with E-state index in [9.17, 15) is 13.6 Å². The Kier molecular flexibility index (Phi) is 3.93. The standard InChI is InChI=1S/C10H10BrF2NO/c1-5-4-6(11)10(13)8(9(5)12)7(15)2-3-14/h4H,2-3,14H2,1H3. The minimum Gasteiger partial charge on any atom is -0.330 e. The van der Waals surface area contributed by atoms with E-state index in [-0.39, 0.29) is 23.0 Å². The molecule has 1 aromatic rings. The Balaban J connectivity index is 3.32. The maximum Gasteiger partial charge on any atom is 0.170 e. The normalized spacial score (nSPS) is 10.5. The maximum absolute atomic E-state index is 13.5. The van der Waals surface area contributed by atoms with E-state index in [1.54, 1.807) is 0 Å². The molecule has 0 saturated heterocycles. The summed E-state index contributed by atoms with van der Waals surface area (Å²) >= 11 is 2.93. The average Bonchev–Trinajstić information content (AvgIpc) is 2.16. The minimum atomic E-state index is -0.864. The summed E-state index contributed by atoms with van der Waals surface area (Å²) in [5, 5.41) is 0. The van der Waals surface area contributed by atoms with Gasteiger partial charge in [-0.2, -0.15) is 0 Å². The van der Waals surface area contributed by atoms with Crippen molar-refractivity contribution in [1.82, 2.24) is 0 Å². The van der Waals surface area contributed by atoms with Crippen LogP contribution >= 0.6 is 15.9 Å². The van der Waals surface area contributed by atoms with Gasteiger partial charge in [-0.1, -0.05) is 0 Å². The molecule has 0 atom stereocenters. The summed E-state index contributed by atoms with van der Waals surface area (Å²) in [6.07, 6.45) is -0.0657. The number of Topliss-reactive ketones (excluding diaryl/α,β-unsaturated/α-hetero) is 1. The highest BCUT2D eigenvalue weighted by Crippen LogP contribution is 2.25. The van der Waals surface area contributed by atoms with Crippen molar-refractivity contribution in [3.05, 3.63) is 33.3 Å². The molecule has 1 aromatic carbocycles. The van der Waals surface area contributed by atoms with Gasteiger partial charge in [0.25, 0.3) is 0 Å². The smallest absolute Gasteiger partial charge is 0.170 e. The summed E-state index contributed by atoms with van der Waals surface area (Å²) in [6, 6.07) is 1.30. The van der Waals surface area contributed by atoms with E-state index in [0.717, 1.165) is 0 Å². The number of carbonyl (C=O) groups excluding carboxylic acids is 1. The highest BCUT2D eigenvalue weighted by atomic mass is 79.9. The lowest BCUT2D eigenvalue weighted by Gasteiger charge is -2.07. The van der Waals surface area contributed by atoms with Gasteiger partial charge in [-0.25, -0.2) is 8.78 Å². The molecule has 0 aromatic heterocycles. The fraction of sp³-hybridized carbons (Fsp3) is 0.300. The first-order valence-corrected chi connectivity index (χ1v) is 5.15. The number of halogens is 3. The van der Waals surface area contributed by atoms with Crippen LogP contribution in [0.15, 0.2) is 10.5 Å². The van der Waals surface area contributed by atoms with Crippen LogP contribution in [0.4, 0.5) is 8.78 Å². The van der Waals surface area contributed by atoms with Crippen LogP contribution in [-0.2, 0) is 0 Å². The van der Waals surface area contributed by atoms with E-state index in [4.69, 9.17) is 5.73 Å². The molecule has 0 spiro atoms. The maximum atomic E-state index is 13.5. The van der Waals surface area contributed by atoms with E-state index >= 15 is 0 Å². The average molecular weight is 278 g/mol. The quantitative estimate of drug-likeness (QED) is 0.682. The zero-order valence-corrected chi connectivity index (χ0v) is 9.70. The van der Waals surface area contributed by atoms with Gasteiger partial charge in [0.05, 0.1) is 10.0 Å². The van der Waals surface area contributed by atoms with Crippen LogP contribution in [0.5, 0.6) is 0 Å². The number of hydrogen-bond acceptors (Lipinski definition) is 2. The summed E-state index contributed by atoms with van der Waals surface area (Å²) in [5.41, 5.74) is 4.88. The van der Waals surface area contributed by atoms with Gasteiger partial charge in [-0.15, -0.1) is 0 Å². The monoisotopic (exact) mass is 277 g/mol. The lowest BCUT2D eigenvalue weighted by molar-refractivity contribution is 0.0977. The van der Waals surface area contributed by atoms with Gasteiger partial charge in [0.2, 0.25) is 0 Å². The molecule has 15 heavy (non-hydrogen) atoms. The van der Waals surface area contributed by atoms with E-state index in [2.05, 4.69) is 15.9 Å². The molecule has 2 nitrogen and oxygen atoms in total. The van der Waals surface area contributed by atoms with Gasteiger partial charge in [-0.05, 0) is 41.0 Å². The third kappa shape index (κ3) is 2.41. The molecule has 2 N–H and O–H groups in total.